The monoisotopic (exact) mass is 454 g/mol. The van der Waals surface area contributed by atoms with E-state index in [1.807, 2.05) is 42.5 Å². The Labute approximate surface area is 195 Å². The number of aromatic nitrogens is 1. The molecule has 5 aromatic rings. The Hall–Kier alpha value is -4.09. The van der Waals surface area contributed by atoms with Gasteiger partial charge in [-0.15, -0.1) is 0 Å². The molecule has 5 nitrogen and oxygen atoms in total. The Kier molecular flexibility index (Phi) is 5.79. The van der Waals surface area contributed by atoms with Gasteiger partial charge in [-0.25, -0.2) is 4.98 Å². The minimum atomic E-state index is -0.297. The van der Waals surface area contributed by atoms with Crippen LogP contribution < -0.4 is 10.1 Å². The third-order valence-corrected chi connectivity index (χ3v) is 5.42. The van der Waals surface area contributed by atoms with E-state index in [1.54, 1.807) is 42.5 Å². The molecule has 162 valence electrons. The first-order valence-electron chi connectivity index (χ1n) is 10.4. The quantitative estimate of drug-likeness (QED) is 0.305. The van der Waals surface area contributed by atoms with Crippen LogP contribution in [-0.4, -0.2) is 17.5 Å². The third-order valence-electron chi connectivity index (χ3n) is 5.11. The lowest BCUT2D eigenvalue weighted by molar-refractivity contribution is -0.118. The summed E-state index contributed by atoms with van der Waals surface area (Å²) in [5.41, 5.74) is 5.06. The van der Waals surface area contributed by atoms with Gasteiger partial charge in [0.05, 0.1) is 5.02 Å². The van der Waals surface area contributed by atoms with Crippen molar-refractivity contribution in [2.75, 3.05) is 11.9 Å². The zero-order valence-corrected chi connectivity index (χ0v) is 18.3. The summed E-state index contributed by atoms with van der Waals surface area (Å²) in [7, 11) is 0. The number of amides is 1. The number of hydrogen-bond donors (Lipinski definition) is 1. The summed E-state index contributed by atoms with van der Waals surface area (Å²) >= 11 is 6.05. The minimum Gasteiger partial charge on any atom is -0.482 e. The van der Waals surface area contributed by atoms with Crippen LogP contribution in [0.1, 0.15) is 0 Å². The number of ether oxygens (including phenoxy) is 1. The van der Waals surface area contributed by atoms with Crippen molar-refractivity contribution < 1.29 is 13.9 Å². The number of benzene rings is 4. The second kappa shape index (κ2) is 9.18. The van der Waals surface area contributed by atoms with Crippen LogP contribution in [0.3, 0.4) is 0 Å². The molecule has 0 saturated carbocycles. The molecule has 0 saturated heterocycles. The lowest BCUT2D eigenvalue weighted by Crippen LogP contribution is -2.20. The van der Waals surface area contributed by atoms with Crippen LogP contribution in [0.15, 0.2) is 101 Å². The molecule has 0 fully saturated rings. The van der Waals surface area contributed by atoms with Gasteiger partial charge >= 0.3 is 0 Å². The molecule has 0 unspecified atom stereocenters. The lowest BCUT2D eigenvalue weighted by atomic mass is 10.0. The van der Waals surface area contributed by atoms with Crippen molar-refractivity contribution in [2.24, 2.45) is 0 Å². The normalized spacial score (nSPS) is 10.8. The largest absolute Gasteiger partial charge is 0.482 e. The summed E-state index contributed by atoms with van der Waals surface area (Å²) in [6, 6.07) is 30.6. The van der Waals surface area contributed by atoms with Crippen LogP contribution in [0.5, 0.6) is 5.75 Å². The van der Waals surface area contributed by atoms with Crippen LogP contribution in [0.2, 0.25) is 5.02 Å². The third kappa shape index (κ3) is 4.73. The standard InChI is InChI=1S/C27H19ClN2O3/c28-22-8-4-5-9-24(22)32-17-26(31)29-21-14-15-25-23(16-21)30-27(33-25)20-12-10-19(11-13-20)18-6-2-1-3-7-18/h1-16H,17H2,(H,29,31). The topological polar surface area (TPSA) is 64.4 Å². The van der Waals surface area contributed by atoms with E-state index in [2.05, 4.69) is 22.4 Å². The van der Waals surface area contributed by atoms with Gasteiger partial charge in [0.1, 0.15) is 11.3 Å². The van der Waals surface area contributed by atoms with E-state index in [9.17, 15) is 4.79 Å². The number of fused-ring (bicyclic) bond motifs is 1. The van der Waals surface area contributed by atoms with Crippen molar-refractivity contribution >= 4 is 34.3 Å². The average Bonchev–Trinajstić information content (AvgIpc) is 3.28. The SMILES string of the molecule is O=C(COc1ccccc1Cl)Nc1ccc2oc(-c3ccc(-c4ccccc4)cc3)nc2c1. The molecule has 33 heavy (non-hydrogen) atoms. The van der Waals surface area contributed by atoms with Crippen LogP contribution >= 0.6 is 11.6 Å². The van der Waals surface area contributed by atoms with Crippen LogP contribution in [0.25, 0.3) is 33.7 Å². The predicted molar refractivity (Wildman–Crippen MR) is 130 cm³/mol. The van der Waals surface area contributed by atoms with Crippen LogP contribution in [0.4, 0.5) is 5.69 Å². The van der Waals surface area contributed by atoms with Gasteiger partial charge < -0.3 is 14.5 Å². The van der Waals surface area contributed by atoms with Crippen molar-refractivity contribution in [2.45, 2.75) is 0 Å². The molecular formula is C27H19ClN2O3. The number of oxazole rings is 1. The first-order chi connectivity index (χ1) is 16.2. The molecule has 1 heterocycles. The Balaban J connectivity index is 1.28. The Bertz CT molecular complexity index is 1410. The number of rotatable bonds is 6. The number of para-hydroxylation sites is 1. The minimum absolute atomic E-state index is 0.153. The molecule has 0 spiro atoms. The zero-order chi connectivity index (χ0) is 22.6. The van der Waals surface area contributed by atoms with Crippen LogP contribution in [0, 0.1) is 0 Å². The fourth-order valence-corrected chi connectivity index (χ4v) is 3.66. The molecule has 0 radical (unpaired) electrons. The highest BCUT2D eigenvalue weighted by Gasteiger charge is 2.11. The molecule has 4 aromatic carbocycles. The average molecular weight is 455 g/mol. The zero-order valence-electron chi connectivity index (χ0n) is 17.5. The van der Waals surface area contributed by atoms with E-state index in [0.717, 1.165) is 16.7 Å². The van der Waals surface area contributed by atoms with Crippen molar-refractivity contribution in [3.8, 4) is 28.3 Å². The number of carbonyl (C=O) groups is 1. The molecule has 1 amide bonds. The van der Waals surface area contributed by atoms with Gasteiger partial charge in [-0.2, -0.15) is 0 Å². The van der Waals surface area contributed by atoms with Gasteiger partial charge in [0.25, 0.3) is 5.91 Å². The van der Waals surface area contributed by atoms with Gasteiger partial charge in [-0.05, 0) is 53.6 Å². The van der Waals surface area contributed by atoms with E-state index in [4.69, 9.17) is 20.8 Å². The van der Waals surface area contributed by atoms with Crippen LogP contribution in [-0.2, 0) is 4.79 Å². The summed E-state index contributed by atoms with van der Waals surface area (Å²) in [6.45, 7) is -0.153. The van der Waals surface area contributed by atoms with Crippen molar-refractivity contribution in [3.63, 3.8) is 0 Å². The second-order valence-corrected chi connectivity index (χ2v) is 7.82. The Morgan fingerprint density at radius 2 is 1.55 bits per heavy atom. The Morgan fingerprint density at radius 1 is 0.848 bits per heavy atom. The number of hydrogen-bond acceptors (Lipinski definition) is 4. The smallest absolute Gasteiger partial charge is 0.262 e. The van der Waals surface area contributed by atoms with Crippen molar-refractivity contribution in [1.82, 2.24) is 4.98 Å². The molecule has 0 atom stereocenters. The number of carbonyl (C=O) groups excluding carboxylic acids is 1. The molecule has 1 aromatic heterocycles. The lowest BCUT2D eigenvalue weighted by Gasteiger charge is -2.08. The summed E-state index contributed by atoms with van der Waals surface area (Å²) < 4.78 is 11.4. The van der Waals surface area contributed by atoms with E-state index >= 15 is 0 Å². The van der Waals surface area contributed by atoms with Gasteiger partial charge in [-0.3, -0.25) is 4.79 Å². The van der Waals surface area contributed by atoms with Gasteiger partial charge in [-0.1, -0.05) is 66.2 Å². The van der Waals surface area contributed by atoms with Gasteiger partial charge in [0.15, 0.2) is 12.2 Å². The van der Waals surface area contributed by atoms with Crippen molar-refractivity contribution in [3.05, 3.63) is 102 Å². The van der Waals surface area contributed by atoms with E-state index in [1.165, 1.54) is 0 Å². The van der Waals surface area contributed by atoms with E-state index in [0.29, 0.717) is 33.4 Å². The predicted octanol–water partition coefficient (Wildman–Crippen LogP) is 6.83. The van der Waals surface area contributed by atoms with Gasteiger partial charge in [0, 0.05) is 11.3 Å². The van der Waals surface area contributed by atoms with Gasteiger partial charge in [0.2, 0.25) is 5.89 Å². The number of nitrogens with one attached hydrogen (secondary N) is 1. The summed E-state index contributed by atoms with van der Waals surface area (Å²) in [5.74, 6) is 0.689. The highest BCUT2D eigenvalue weighted by Crippen LogP contribution is 2.28. The highest BCUT2D eigenvalue weighted by atomic mass is 35.5. The fourth-order valence-electron chi connectivity index (χ4n) is 3.47. The fraction of sp³-hybridized carbons (Fsp3) is 0.0370. The first kappa shape index (κ1) is 20.8. The number of nitrogens with zero attached hydrogens (tertiary/aromatic N) is 1. The Morgan fingerprint density at radius 3 is 2.33 bits per heavy atom. The molecule has 0 aliphatic carbocycles. The molecule has 1 N–H and O–H groups in total. The summed E-state index contributed by atoms with van der Waals surface area (Å²) in [4.78, 5) is 16.9. The molecule has 5 rings (SSSR count). The van der Waals surface area contributed by atoms with E-state index in [-0.39, 0.29) is 12.5 Å². The maximum atomic E-state index is 12.3. The molecular weight excluding hydrogens is 436 g/mol. The summed E-state index contributed by atoms with van der Waals surface area (Å²) in [5, 5.41) is 3.27. The maximum absolute atomic E-state index is 12.3. The van der Waals surface area contributed by atoms with E-state index < -0.39 is 0 Å². The summed E-state index contributed by atoms with van der Waals surface area (Å²) in [6.07, 6.45) is 0. The molecule has 6 heteroatoms. The maximum Gasteiger partial charge on any atom is 0.262 e. The molecule has 0 aliphatic rings. The molecule has 0 aliphatic heterocycles. The number of halogens is 1. The molecule has 0 bridgehead atoms. The number of anilines is 1. The second-order valence-electron chi connectivity index (χ2n) is 7.41. The highest BCUT2D eigenvalue weighted by molar-refractivity contribution is 6.32. The van der Waals surface area contributed by atoms with Crippen molar-refractivity contribution in [1.29, 1.82) is 0 Å². The first-order valence-corrected chi connectivity index (χ1v) is 10.8.